The maximum absolute atomic E-state index is 13.8. The van der Waals surface area contributed by atoms with E-state index in [0.717, 1.165) is 28.1 Å². The molecule has 0 spiro atoms. The highest BCUT2D eigenvalue weighted by Crippen LogP contribution is 2.40. The number of carbonyl (C=O) groups excluding carboxylic acids is 5. The Morgan fingerprint density at radius 3 is 2.15 bits per heavy atom. The van der Waals surface area contributed by atoms with E-state index >= 15 is 0 Å². The molecular formula is C29H28N4O6. The molecule has 0 aliphatic carbocycles. The zero-order valence-electron chi connectivity index (χ0n) is 22.2. The molecular weight excluding hydrogens is 500 g/mol. The van der Waals surface area contributed by atoms with E-state index in [4.69, 9.17) is 4.84 Å². The Morgan fingerprint density at radius 1 is 0.897 bits per heavy atom. The molecule has 0 unspecified atom stereocenters. The third-order valence-electron chi connectivity index (χ3n) is 6.96. The number of benzene rings is 3. The van der Waals surface area contributed by atoms with E-state index in [1.807, 2.05) is 51.2 Å². The third kappa shape index (κ3) is 4.42. The normalized spacial score (nSPS) is 15.1. The summed E-state index contributed by atoms with van der Waals surface area (Å²) in [5.74, 6) is -2.98. The molecule has 0 aromatic heterocycles. The molecule has 200 valence electrons. The van der Waals surface area contributed by atoms with Crippen LogP contribution in [0.1, 0.15) is 56.4 Å². The van der Waals surface area contributed by atoms with Crippen LogP contribution in [0.5, 0.6) is 0 Å². The molecule has 2 heterocycles. The van der Waals surface area contributed by atoms with Crippen molar-refractivity contribution in [3.8, 4) is 0 Å². The Balaban J connectivity index is 1.52. The smallest absolute Gasteiger partial charge is 0.363 e. The lowest BCUT2D eigenvalue weighted by atomic mass is 9.89. The maximum atomic E-state index is 13.8. The Morgan fingerprint density at radius 2 is 1.54 bits per heavy atom. The van der Waals surface area contributed by atoms with E-state index < -0.39 is 29.6 Å². The first kappa shape index (κ1) is 26.1. The number of hydroxylamine groups is 2. The highest BCUT2D eigenvalue weighted by molar-refractivity contribution is 6.36. The van der Waals surface area contributed by atoms with Crippen molar-refractivity contribution in [3.63, 3.8) is 0 Å². The molecule has 1 fully saturated rings. The standard InChI is InChI=1S/C29H28N4O6/c1-5-31(4)26-18(16-30(2)3)15-22-25-20(26)7-6-8-21(25)27(36)32(28(22)37)19-11-9-17(10-12-19)29(38)39-33-23(34)13-14-24(33)35/h6-12,15H,5,13-14,16H2,1-4H3. The number of rotatable bonds is 7. The van der Waals surface area contributed by atoms with Gasteiger partial charge in [-0.3, -0.25) is 19.2 Å². The van der Waals surface area contributed by atoms with Gasteiger partial charge in [0.2, 0.25) is 0 Å². The van der Waals surface area contributed by atoms with E-state index in [1.165, 1.54) is 24.3 Å². The molecule has 10 heteroatoms. The largest absolute Gasteiger partial charge is 0.374 e. The van der Waals surface area contributed by atoms with Gasteiger partial charge in [-0.1, -0.05) is 12.1 Å². The summed E-state index contributed by atoms with van der Waals surface area (Å²) in [6, 6.07) is 13.0. The quantitative estimate of drug-likeness (QED) is 0.430. The number of imide groups is 2. The van der Waals surface area contributed by atoms with Crippen LogP contribution >= 0.6 is 0 Å². The van der Waals surface area contributed by atoms with Crippen LogP contribution < -0.4 is 9.80 Å². The van der Waals surface area contributed by atoms with E-state index in [1.54, 1.807) is 6.07 Å². The lowest BCUT2D eigenvalue weighted by molar-refractivity contribution is -0.172. The molecule has 2 aliphatic rings. The van der Waals surface area contributed by atoms with Crippen LogP contribution in [0.15, 0.2) is 48.5 Å². The highest BCUT2D eigenvalue weighted by Gasteiger charge is 2.36. The zero-order valence-corrected chi connectivity index (χ0v) is 22.2. The van der Waals surface area contributed by atoms with Crippen LogP contribution in [0, 0.1) is 0 Å². The van der Waals surface area contributed by atoms with E-state index in [-0.39, 0.29) is 24.1 Å². The molecule has 5 rings (SSSR count). The average molecular weight is 529 g/mol. The van der Waals surface area contributed by atoms with Crippen molar-refractivity contribution in [2.24, 2.45) is 0 Å². The molecule has 4 amide bonds. The number of hydrogen-bond donors (Lipinski definition) is 0. The predicted molar refractivity (Wildman–Crippen MR) is 144 cm³/mol. The van der Waals surface area contributed by atoms with E-state index in [2.05, 4.69) is 4.90 Å². The van der Waals surface area contributed by atoms with Crippen LogP contribution in [0.25, 0.3) is 10.8 Å². The van der Waals surface area contributed by atoms with Gasteiger partial charge >= 0.3 is 5.97 Å². The van der Waals surface area contributed by atoms with Crippen molar-refractivity contribution in [3.05, 3.63) is 70.8 Å². The first-order valence-corrected chi connectivity index (χ1v) is 12.6. The van der Waals surface area contributed by atoms with Gasteiger partial charge in [0.05, 0.1) is 11.3 Å². The summed E-state index contributed by atoms with van der Waals surface area (Å²) >= 11 is 0. The second-order valence-corrected chi connectivity index (χ2v) is 9.87. The lowest BCUT2D eigenvalue weighted by Crippen LogP contribution is -2.40. The second kappa shape index (κ2) is 9.95. The van der Waals surface area contributed by atoms with Crippen molar-refractivity contribution in [2.75, 3.05) is 37.5 Å². The fourth-order valence-electron chi connectivity index (χ4n) is 5.05. The van der Waals surface area contributed by atoms with Gasteiger partial charge in [0.25, 0.3) is 23.6 Å². The van der Waals surface area contributed by atoms with Gasteiger partial charge in [-0.15, -0.1) is 5.06 Å². The minimum atomic E-state index is -0.891. The van der Waals surface area contributed by atoms with Crippen LogP contribution in [-0.2, 0) is 21.0 Å². The van der Waals surface area contributed by atoms with Crippen molar-refractivity contribution >= 4 is 51.7 Å². The number of carbonyl (C=O) groups is 5. The number of hydrogen-bond acceptors (Lipinski definition) is 8. The topological polar surface area (TPSA) is 108 Å². The van der Waals surface area contributed by atoms with Gasteiger partial charge in [-0.2, -0.15) is 0 Å². The molecule has 0 N–H and O–H groups in total. The molecule has 3 aromatic rings. The molecule has 0 saturated carbocycles. The van der Waals surface area contributed by atoms with Crippen LogP contribution in [0.4, 0.5) is 11.4 Å². The van der Waals surface area contributed by atoms with Crippen molar-refractivity contribution in [1.82, 2.24) is 9.96 Å². The number of anilines is 2. The Bertz CT molecular complexity index is 1530. The first-order valence-electron chi connectivity index (χ1n) is 12.6. The molecule has 0 bridgehead atoms. The minimum Gasteiger partial charge on any atom is -0.374 e. The Labute approximate surface area is 225 Å². The summed E-state index contributed by atoms with van der Waals surface area (Å²) in [7, 11) is 5.91. The van der Waals surface area contributed by atoms with E-state index in [0.29, 0.717) is 28.1 Å². The van der Waals surface area contributed by atoms with Gasteiger partial charge in [0.15, 0.2) is 0 Å². The minimum absolute atomic E-state index is 0.00898. The summed E-state index contributed by atoms with van der Waals surface area (Å²) in [6.45, 7) is 3.40. The zero-order chi connectivity index (χ0) is 28.0. The molecule has 0 atom stereocenters. The Kier molecular flexibility index (Phi) is 6.65. The highest BCUT2D eigenvalue weighted by atomic mass is 16.7. The monoisotopic (exact) mass is 528 g/mol. The number of amides is 4. The summed E-state index contributed by atoms with van der Waals surface area (Å²) in [5, 5.41) is 1.94. The van der Waals surface area contributed by atoms with Crippen molar-refractivity contribution in [1.29, 1.82) is 0 Å². The number of nitrogens with zero attached hydrogens (tertiary/aromatic N) is 4. The average Bonchev–Trinajstić information content (AvgIpc) is 3.23. The van der Waals surface area contributed by atoms with Gasteiger partial charge in [0, 0.05) is 60.6 Å². The molecule has 1 saturated heterocycles. The molecule has 3 aromatic carbocycles. The summed E-state index contributed by atoms with van der Waals surface area (Å²) in [5.41, 5.74) is 3.14. The van der Waals surface area contributed by atoms with E-state index in [9.17, 15) is 24.0 Å². The first-order chi connectivity index (χ1) is 18.6. The maximum Gasteiger partial charge on any atom is 0.363 e. The van der Waals surface area contributed by atoms with Crippen molar-refractivity contribution in [2.45, 2.75) is 26.3 Å². The SMILES string of the molecule is CCN(C)c1c(CN(C)C)cc2c3c(cccc13)C(=O)N(c1ccc(C(=O)ON3C(=O)CCC3=O)cc1)C2=O. The van der Waals surface area contributed by atoms with Crippen molar-refractivity contribution < 1.29 is 28.8 Å². The summed E-state index contributed by atoms with van der Waals surface area (Å²) in [4.78, 5) is 73.7. The fraction of sp³-hybridized carbons (Fsp3) is 0.276. The Hall–Kier alpha value is -4.57. The molecule has 10 nitrogen and oxygen atoms in total. The van der Waals surface area contributed by atoms with Crippen LogP contribution in [0.3, 0.4) is 0 Å². The van der Waals surface area contributed by atoms with Gasteiger partial charge in [0.1, 0.15) is 0 Å². The van der Waals surface area contributed by atoms with Crippen LogP contribution in [0.2, 0.25) is 0 Å². The van der Waals surface area contributed by atoms with Gasteiger partial charge < -0.3 is 14.6 Å². The second-order valence-electron chi connectivity index (χ2n) is 9.87. The van der Waals surface area contributed by atoms with Gasteiger partial charge in [-0.25, -0.2) is 9.69 Å². The predicted octanol–water partition coefficient (Wildman–Crippen LogP) is 3.38. The third-order valence-corrected chi connectivity index (χ3v) is 6.96. The molecule has 39 heavy (non-hydrogen) atoms. The summed E-state index contributed by atoms with van der Waals surface area (Å²) in [6.07, 6.45) is -0.0180. The lowest BCUT2D eigenvalue weighted by Gasteiger charge is -2.31. The summed E-state index contributed by atoms with van der Waals surface area (Å²) < 4.78 is 0. The molecule has 0 radical (unpaired) electrons. The molecule has 2 aliphatic heterocycles. The fourth-order valence-corrected chi connectivity index (χ4v) is 5.05. The van der Waals surface area contributed by atoms with Crippen LogP contribution in [-0.4, -0.2) is 67.2 Å². The van der Waals surface area contributed by atoms with Gasteiger partial charge in [-0.05, 0) is 63.0 Å².